The summed E-state index contributed by atoms with van der Waals surface area (Å²) >= 11 is 2.94. The summed E-state index contributed by atoms with van der Waals surface area (Å²) in [6, 6.07) is 0. The predicted octanol–water partition coefficient (Wildman–Crippen LogP) is 1.71. The molecule has 1 N–H and O–H groups in total. The van der Waals surface area contributed by atoms with Crippen LogP contribution in [0.2, 0.25) is 0 Å². The zero-order valence-electron chi connectivity index (χ0n) is 12.1. The monoisotopic (exact) mass is 323 g/mol. The van der Waals surface area contributed by atoms with Crippen LogP contribution in [-0.4, -0.2) is 28.3 Å². The van der Waals surface area contributed by atoms with Gasteiger partial charge in [0, 0.05) is 19.0 Å². The van der Waals surface area contributed by atoms with E-state index in [0.717, 1.165) is 29.5 Å². The van der Waals surface area contributed by atoms with Gasteiger partial charge in [-0.1, -0.05) is 11.8 Å². The molecule has 2 aromatic heterocycles. The molecule has 1 aliphatic rings. The minimum Gasteiger partial charge on any atom is -0.358 e. The lowest BCUT2D eigenvalue weighted by molar-refractivity contribution is -0.118. The smallest absolute Gasteiger partial charge is 0.262 e. The van der Waals surface area contributed by atoms with Crippen molar-refractivity contribution in [2.75, 3.05) is 12.8 Å². The summed E-state index contributed by atoms with van der Waals surface area (Å²) < 4.78 is 1.57. The molecule has 5 nitrogen and oxygen atoms in total. The summed E-state index contributed by atoms with van der Waals surface area (Å²) in [6.07, 6.45) is 4.38. The van der Waals surface area contributed by atoms with Gasteiger partial charge in [-0.2, -0.15) is 0 Å². The van der Waals surface area contributed by atoms with Crippen LogP contribution < -0.4 is 10.9 Å². The van der Waals surface area contributed by atoms with Crippen LogP contribution in [0.1, 0.15) is 23.3 Å². The van der Waals surface area contributed by atoms with Crippen LogP contribution in [0.3, 0.4) is 0 Å². The van der Waals surface area contributed by atoms with Crippen molar-refractivity contribution in [3.05, 3.63) is 20.8 Å². The topological polar surface area (TPSA) is 64.0 Å². The van der Waals surface area contributed by atoms with E-state index in [1.807, 2.05) is 0 Å². The maximum atomic E-state index is 12.6. The molecule has 0 aliphatic heterocycles. The molecule has 2 heterocycles. The highest BCUT2D eigenvalue weighted by molar-refractivity contribution is 7.99. The number of nitrogens with zero attached hydrogens (tertiary/aromatic N) is 2. The molecular formula is C14H17N3O2S2. The Morgan fingerprint density at radius 2 is 2.19 bits per heavy atom. The fourth-order valence-corrected chi connectivity index (χ4v) is 4.75. The summed E-state index contributed by atoms with van der Waals surface area (Å²) in [5.74, 6) is 0.202. The minimum absolute atomic E-state index is 0.0128. The Morgan fingerprint density at radius 1 is 1.43 bits per heavy atom. The molecule has 3 rings (SSSR count). The van der Waals surface area contributed by atoms with Crippen LogP contribution in [0.4, 0.5) is 0 Å². The van der Waals surface area contributed by atoms with E-state index in [1.54, 1.807) is 30.0 Å². The number of amides is 1. The van der Waals surface area contributed by atoms with Crippen molar-refractivity contribution in [3.8, 4) is 0 Å². The summed E-state index contributed by atoms with van der Waals surface area (Å²) in [6.45, 7) is 0. The van der Waals surface area contributed by atoms with Gasteiger partial charge in [0.05, 0.1) is 11.1 Å². The molecule has 112 valence electrons. The molecule has 0 atom stereocenters. The summed E-state index contributed by atoms with van der Waals surface area (Å²) in [5, 5.41) is 3.97. The molecule has 0 aromatic carbocycles. The van der Waals surface area contributed by atoms with Crippen LogP contribution >= 0.6 is 23.1 Å². The number of thioether (sulfide) groups is 1. The average Bonchev–Trinajstić information content (AvgIpc) is 2.87. The standard InChI is InChI=1S/C14H17N3O2S2/c1-15-10(18)7-20-14-16-12-11(13(19)17(14)2)8-5-3-4-6-9(8)21-12/h3-7H2,1-2H3,(H,15,18). The fraction of sp³-hybridized carbons (Fsp3) is 0.500. The molecule has 1 aliphatic carbocycles. The molecule has 7 heteroatoms. The van der Waals surface area contributed by atoms with Crippen molar-refractivity contribution >= 4 is 39.2 Å². The zero-order chi connectivity index (χ0) is 15.0. The van der Waals surface area contributed by atoms with E-state index in [4.69, 9.17) is 0 Å². The van der Waals surface area contributed by atoms with Gasteiger partial charge in [0.1, 0.15) is 4.83 Å². The van der Waals surface area contributed by atoms with Crippen LogP contribution in [0.25, 0.3) is 10.2 Å². The van der Waals surface area contributed by atoms with Gasteiger partial charge in [-0.15, -0.1) is 11.3 Å². The highest BCUT2D eigenvalue weighted by Crippen LogP contribution is 2.34. The Morgan fingerprint density at radius 3 is 2.95 bits per heavy atom. The normalized spacial score (nSPS) is 14.2. The van der Waals surface area contributed by atoms with E-state index in [1.165, 1.54) is 28.6 Å². The number of aryl methyl sites for hydroxylation is 2. The molecule has 0 radical (unpaired) electrons. The first kappa shape index (κ1) is 14.6. The molecular weight excluding hydrogens is 306 g/mol. The number of nitrogens with one attached hydrogen (secondary N) is 1. The van der Waals surface area contributed by atoms with Gasteiger partial charge >= 0.3 is 0 Å². The number of carbonyl (C=O) groups is 1. The van der Waals surface area contributed by atoms with Gasteiger partial charge in [-0.25, -0.2) is 4.98 Å². The largest absolute Gasteiger partial charge is 0.358 e. The molecule has 0 fully saturated rings. The van der Waals surface area contributed by atoms with E-state index >= 15 is 0 Å². The Bertz CT molecular complexity index is 764. The number of hydrogen-bond acceptors (Lipinski definition) is 5. The quantitative estimate of drug-likeness (QED) is 0.690. The van der Waals surface area contributed by atoms with Gasteiger partial charge < -0.3 is 5.32 Å². The first-order valence-electron chi connectivity index (χ1n) is 6.96. The Labute approximate surface area is 130 Å². The highest BCUT2D eigenvalue weighted by Gasteiger charge is 2.21. The van der Waals surface area contributed by atoms with Gasteiger partial charge in [0.15, 0.2) is 5.16 Å². The first-order chi connectivity index (χ1) is 10.1. The van der Waals surface area contributed by atoms with Crippen LogP contribution in [0.5, 0.6) is 0 Å². The SMILES string of the molecule is CNC(=O)CSc1nc2sc3c(c2c(=O)n1C)CCCC3. The average molecular weight is 323 g/mol. The second-order valence-corrected chi connectivity index (χ2v) is 7.14. The lowest BCUT2D eigenvalue weighted by atomic mass is 9.97. The van der Waals surface area contributed by atoms with Crippen LogP contribution in [-0.2, 0) is 24.7 Å². The van der Waals surface area contributed by atoms with E-state index < -0.39 is 0 Å². The second kappa shape index (κ2) is 5.81. The van der Waals surface area contributed by atoms with Crippen molar-refractivity contribution in [2.45, 2.75) is 30.8 Å². The summed E-state index contributed by atoms with van der Waals surface area (Å²) in [4.78, 5) is 30.7. The predicted molar refractivity (Wildman–Crippen MR) is 86.3 cm³/mol. The van der Waals surface area contributed by atoms with Gasteiger partial charge in [-0.05, 0) is 31.2 Å². The van der Waals surface area contributed by atoms with E-state index in [0.29, 0.717) is 5.16 Å². The van der Waals surface area contributed by atoms with E-state index in [2.05, 4.69) is 10.3 Å². The second-order valence-electron chi connectivity index (χ2n) is 5.11. The number of thiophene rings is 1. The zero-order valence-corrected chi connectivity index (χ0v) is 13.7. The van der Waals surface area contributed by atoms with Gasteiger partial charge in [-0.3, -0.25) is 14.2 Å². The Balaban J connectivity index is 2.06. The number of hydrogen-bond donors (Lipinski definition) is 1. The minimum atomic E-state index is -0.0696. The van der Waals surface area contributed by atoms with Gasteiger partial charge in [0.25, 0.3) is 5.56 Å². The Hall–Kier alpha value is -1.34. The van der Waals surface area contributed by atoms with E-state index in [9.17, 15) is 9.59 Å². The molecule has 1 amide bonds. The third kappa shape index (κ3) is 2.60. The number of fused-ring (bicyclic) bond motifs is 3. The summed E-state index contributed by atoms with van der Waals surface area (Å²) in [7, 11) is 3.33. The number of aromatic nitrogens is 2. The first-order valence-corrected chi connectivity index (χ1v) is 8.76. The lowest BCUT2D eigenvalue weighted by Crippen LogP contribution is -2.23. The third-order valence-corrected chi connectivity index (χ3v) is 5.98. The lowest BCUT2D eigenvalue weighted by Gasteiger charge is -2.10. The van der Waals surface area contributed by atoms with Crippen molar-refractivity contribution in [1.29, 1.82) is 0 Å². The third-order valence-electron chi connectivity index (χ3n) is 3.77. The van der Waals surface area contributed by atoms with E-state index in [-0.39, 0.29) is 17.2 Å². The molecule has 21 heavy (non-hydrogen) atoms. The van der Waals surface area contributed by atoms with Crippen molar-refractivity contribution in [2.24, 2.45) is 7.05 Å². The van der Waals surface area contributed by atoms with Crippen molar-refractivity contribution in [1.82, 2.24) is 14.9 Å². The highest BCUT2D eigenvalue weighted by atomic mass is 32.2. The number of carbonyl (C=O) groups excluding carboxylic acids is 1. The molecule has 0 saturated carbocycles. The van der Waals surface area contributed by atoms with Gasteiger partial charge in [0.2, 0.25) is 5.91 Å². The maximum absolute atomic E-state index is 12.6. The summed E-state index contributed by atoms with van der Waals surface area (Å²) in [5.41, 5.74) is 1.22. The fourth-order valence-electron chi connectivity index (χ4n) is 2.60. The molecule has 2 aromatic rings. The maximum Gasteiger partial charge on any atom is 0.262 e. The molecule has 0 saturated heterocycles. The molecule has 0 bridgehead atoms. The molecule has 0 unspecified atom stereocenters. The Kier molecular flexibility index (Phi) is 4.03. The van der Waals surface area contributed by atoms with Crippen molar-refractivity contribution in [3.63, 3.8) is 0 Å². The number of rotatable bonds is 3. The van der Waals surface area contributed by atoms with Crippen LogP contribution in [0, 0.1) is 0 Å². The van der Waals surface area contributed by atoms with Crippen molar-refractivity contribution < 1.29 is 4.79 Å². The molecule has 0 spiro atoms. The van der Waals surface area contributed by atoms with Crippen LogP contribution in [0.15, 0.2) is 9.95 Å².